The maximum atomic E-state index is 11.7. The van der Waals surface area contributed by atoms with Crippen molar-refractivity contribution in [3.05, 3.63) is 29.8 Å². The fourth-order valence-corrected chi connectivity index (χ4v) is 1.55. The second kappa shape index (κ2) is 8.91. The van der Waals surface area contributed by atoms with E-state index >= 15 is 0 Å². The predicted molar refractivity (Wildman–Crippen MR) is 76.5 cm³/mol. The predicted octanol–water partition coefficient (Wildman–Crippen LogP) is 2.66. The molecule has 1 unspecified atom stereocenters. The molecule has 0 spiro atoms. The maximum absolute atomic E-state index is 11.7. The first-order valence-corrected chi connectivity index (χ1v) is 6.73. The Balaban J connectivity index is 2.49. The number of halogens is 1. The molecule has 0 bridgehead atoms. The van der Waals surface area contributed by atoms with Crippen LogP contribution in [0, 0.1) is 5.92 Å². The molecule has 19 heavy (non-hydrogen) atoms. The van der Waals surface area contributed by atoms with Crippen LogP contribution in [-0.4, -0.2) is 32.1 Å². The van der Waals surface area contributed by atoms with E-state index in [2.05, 4.69) is 5.32 Å². The van der Waals surface area contributed by atoms with Crippen LogP contribution in [0.4, 0.5) is 5.69 Å². The number of amides is 1. The highest BCUT2D eigenvalue weighted by Crippen LogP contribution is 2.13. The van der Waals surface area contributed by atoms with Crippen LogP contribution in [0.25, 0.3) is 0 Å². The number of alkyl halides is 1. The summed E-state index contributed by atoms with van der Waals surface area (Å²) in [6.45, 7) is 3.41. The van der Waals surface area contributed by atoms with Gasteiger partial charge in [-0.15, -0.1) is 11.6 Å². The van der Waals surface area contributed by atoms with Gasteiger partial charge in [0.05, 0.1) is 19.8 Å². The largest absolute Gasteiger partial charge is 0.382 e. The third-order valence-electron chi connectivity index (χ3n) is 2.57. The number of nitrogens with one attached hydrogen (secondary N) is 1. The van der Waals surface area contributed by atoms with Crippen molar-refractivity contribution in [2.75, 3.05) is 31.5 Å². The molecule has 1 N–H and O–H groups in total. The summed E-state index contributed by atoms with van der Waals surface area (Å²) in [7, 11) is 1.64. The number of anilines is 1. The standard InChI is InChI=1S/C14H20ClNO3/c1-11(9-15)14(17)16-13-5-3-4-12(8-13)10-19-7-6-18-2/h3-5,8,11H,6-7,9-10H2,1-2H3,(H,16,17). The van der Waals surface area contributed by atoms with E-state index < -0.39 is 0 Å². The van der Waals surface area contributed by atoms with Gasteiger partial charge in [0.25, 0.3) is 0 Å². The molecule has 0 radical (unpaired) electrons. The van der Waals surface area contributed by atoms with Gasteiger partial charge in [0.2, 0.25) is 5.91 Å². The zero-order valence-corrected chi connectivity index (χ0v) is 12.1. The summed E-state index contributed by atoms with van der Waals surface area (Å²) >= 11 is 5.65. The van der Waals surface area contributed by atoms with Crippen molar-refractivity contribution < 1.29 is 14.3 Å². The average Bonchev–Trinajstić information content (AvgIpc) is 2.43. The van der Waals surface area contributed by atoms with E-state index in [0.29, 0.717) is 25.7 Å². The lowest BCUT2D eigenvalue weighted by Gasteiger charge is -2.10. The van der Waals surface area contributed by atoms with E-state index in [9.17, 15) is 4.79 Å². The van der Waals surface area contributed by atoms with E-state index in [1.54, 1.807) is 14.0 Å². The van der Waals surface area contributed by atoms with Gasteiger partial charge in [-0.1, -0.05) is 19.1 Å². The van der Waals surface area contributed by atoms with Crippen molar-refractivity contribution in [3.63, 3.8) is 0 Å². The molecule has 1 rings (SSSR count). The molecule has 1 aromatic rings. The van der Waals surface area contributed by atoms with Crippen LogP contribution in [0.3, 0.4) is 0 Å². The summed E-state index contributed by atoms with van der Waals surface area (Å²) in [6.07, 6.45) is 0. The summed E-state index contributed by atoms with van der Waals surface area (Å²) in [5.74, 6) is 0.0294. The van der Waals surface area contributed by atoms with Gasteiger partial charge in [-0.3, -0.25) is 4.79 Å². The first kappa shape index (κ1) is 16.0. The Morgan fingerprint density at radius 1 is 1.42 bits per heavy atom. The molecule has 0 aliphatic carbocycles. The van der Waals surface area contributed by atoms with Crippen molar-refractivity contribution in [3.8, 4) is 0 Å². The molecule has 0 aromatic heterocycles. The Morgan fingerprint density at radius 3 is 2.89 bits per heavy atom. The van der Waals surface area contributed by atoms with Crippen molar-refractivity contribution in [2.24, 2.45) is 5.92 Å². The molecule has 0 fully saturated rings. The molecule has 1 aromatic carbocycles. The van der Waals surface area contributed by atoms with E-state index in [-0.39, 0.29) is 11.8 Å². The highest BCUT2D eigenvalue weighted by molar-refractivity contribution is 6.19. The first-order chi connectivity index (χ1) is 9.17. The summed E-state index contributed by atoms with van der Waals surface area (Å²) in [5.41, 5.74) is 1.77. The number of methoxy groups -OCH3 is 1. The third-order valence-corrected chi connectivity index (χ3v) is 3.04. The summed E-state index contributed by atoms with van der Waals surface area (Å²) in [6, 6.07) is 7.58. The lowest BCUT2D eigenvalue weighted by Crippen LogP contribution is -2.21. The normalized spacial score (nSPS) is 12.2. The highest BCUT2D eigenvalue weighted by atomic mass is 35.5. The van der Waals surface area contributed by atoms with Gasteiger partial charge < -0.3 is 14.8 Å². The van der Waals surface area contributed by atoms with Crippen LogP contribution in [0.15, 0.2) is 24.3 Å². The number of benzene rings is 1. The van der Waals surface area contributed by atoms with Crippen LogP contribution in [0.5, 0.6) is 0 Å². The molecule has 0 aliphatic heterocycles. The molecule has 5 heteroatoms. The molecular formula is C14H20ClNO3. The number of hydrogen-bond donors (Lipinski definition) is 1. The molecule has 0 saturated heterocycles. The Labute approximate surface area is 119 Å². The smallest absolute Gasteiger partial charge is 0.228 e. The van der Waals surface area contributed by atoms with E-state index in [0.717, 1.165) is 11.3 Å². The zero-order chi connectivity index (χ0) is 14.1. The van der Waals surface area contributed by atoms with Gasteiger partial charge in [-0.25, -0.2) is 0 Å². The summed E-state index contributed by atoms with van der Waals surface area (Å²) in [5, 5.41) is 2.83. The van der Waals surface area contributed by atoms with Crippen molar-refractivity contribution >= 4 is 23.2 Å². The average molecular weight is 286 g/mol. The minimum atomic E-state index is -0.205. The van der Waals surface area contributed by atoms with Gasteiger partial charge in [-0.05, 0) is 17.7 Å². The molecule has 1 amide bonds. The number of carbonyl (C=O) groups excluding carboxylic acids is 1. The van der Waals surface area contributed by atoms with Crippen LogP contribution in [0.1, 0.15) is 12.5 Å². The second-order valence-electron chi connectivity index (χ2n) is 4.29. The fraction of sp³-hybridized carbons (Fsp3) is 0.500. The molecule has 0 aliphatic rings. The molecule has 106 valence electrons. The minimum Gasteiger partial charge on any atom is -0.382 e. The fourth-order valence-electron chi connectivity index (χ4n) is 1.41. The monoisotopic (exact) mass is 285 g/mol. The topological polar surface area (TPSA) is 47.6 Å². The Kier molecular flexibility index (Phi) is 7.48. The van der Waals surface area contributed by atoms with Gasteiger partial charge in [-0.2, -0.15) is 0 Å². The number of rotatable bonds is 8. The maximum Gasteiger partial charge on any atom is 0.228 e. The molecule has 0 saturated carbocycles. The van der Waals surface area contributed by atoms with Gasteiger partial charge >= 0.3 is 0 Å². The van der Waals surface area contributed by atoms with Crippen molar-refractivity contribution in [1.29, 1.82) is 0 Å². The van der Waals surface area contributed by atoms with Crippen LogP contribution in [-0.2, 0) is 20.9 Å². The molecular weight excluding hydrogens is 266 g/mol. The Bertz CT molecular complexity index is 398. The Morgan fingerprint density at radius 2 is 2.21 bits per heavy atom. The van der Waals surface area contributed by atoms with Gasteiger partial charge in [0.15, 0.2) is 0 Å². The molecule has 1 atom stereocenters. The number of carbonyl (C=O) groups is 1. The molecule has 0 heterocycles. The SMILES string of the molecule is COCCOCc1cccc(NC(=O)C(C)CCl)c1. The Hall–Kier alpha value is -1.10. The zero-order valence-electron chi connectivity index (χ0n) is 11.3. The van der Waals surface area contributed by atoms with Crippen molar-refractivity contribution in [1.82, 2.24) is 0 Å². The lowest BCUT2D eigenvalue weighted by molar-refractivity contribution is -0.118. The second-order valence-corrected chi connectivity index (χ2v) is 4.60. The lowest BCUT2D eigenvalue weighted by atomic mass is 10.1. The van der Waals surface area contributed by atoms with Crippen LogP contribution >= 0.6 is 11.6 Å². The summed E-state index contributed by atoms with van der Waals surface area (Å²) in [4.78, 5) is 11.7. The third kappa shape index (κ3) is 6.05. The summed E-state index contributed by atoms with van der Waals surface area (Å²) < 4.78 is 10.3. The quantitative estimate of drug-likeness (QED) is 0.590. The first-order valence-electron chi connectivity index (χ1n) is 6.19. The molecule has 4 nitrogen and oxygen atoms in total. The minimum absolute atomic E-state index is 0.0764. The van der Waals surface area contributed by atoms with Crippen molar-refractivity contribution in [2.45, 2.75) is 13.5 Å². The van der Waals surface area contributed by atoms with Crippen LogP contribution < -0.4 is 5.32 Å². The van der Waals surface area contributed by atoms with E-state index in [1.807, 2.05) is 24.3 Å². The highest BCUT2D eigenvalue weighted by Gasteiger charge is 2.11. The van der Waals surface area contributed by atoms with E-state index in [1.165, 1.54) is 0 Å². The van der Waals surface area contributed by atoms with Crippen LogP contribution in [0.2, 0.25) is 0 Å². The van der Waals surface area contributed by atoms with Gasteiger partial charge in [0.1, 0.15) is 0 Å². The number of hydrogen-bond acceptors (Lipinski definition) is 3. The van der Waals surface area contributed by atoms with Gasteiger partial charge in [0, 0.05) is 24.6 Å². The number of ether oxygens (including phenoxy) is 2. The van der Waals surface area contributed by atoms with E-state index in [4.69, 9.17) is 21.1 Å².